The average Bonchev–Trinajstić information content (AvgIpc) is 2.89. The Morgan fingerprint density at radius 1 is 1.21 bits per heavy atom. The van der Waals surface area contributed by atoms with E-state index >= 15 is 0 Å². The molecule has 0 aliphatic carbocycles. The molecule has 1 amide bonds. The number of nitriles is 1. The molecule has 0 radical (unpaired) electrons. The maximum atomic E-state index is 13.0. The van der Waals surface area contributed by atoms with E-state index in [-0.39, 0.29) is 27.9 Å². The first kappa shape index (κ1) is 26.5. The van der Waals surface area contributed by atoms with Crippen LogP contribution in [0.5, 0.6) is 0 Å². The number of rotatable bonds is 7. The highest BCUT2D eigenvalue weighted by Crippen LogP contribution is 2.19. The van der Waals surface area contributed by atoms with Crippen molar-refractivity contribution in [2.75, 3.05) is 0 Å². The number of amides is 1. The first-order valence-electron chi connectivity index (χ1n) is 12.0. The van der Waals surface area contributed by atoms with Gasteiger partial charge < -0.3 is 4.98 Å². The van der Waals surface area contributed by atoms with Gasteiger partial charge in [-0.25, -0.2) is 5.43 Å². The number of carbonyl (C=O) groups excluding carboxylic acids is 1. The van der Waals surface area contributed by atoms with Crippen molar-refractivity contribution in [1.29, 1.82) is 5.26 Å². The maximum Gasteiger partial charge on any atom is 0.292 e. The molecule has 2 aromatic carbocycles. The fourth-order valence-electron chi connectivity index (χ4n) is 3.96. The van der Waals surface area contributed by atoms with Crippen molar-refractivity contribution in [3.05, 3.63) is 102 Å². The van der Waals surface area contributed by atoms with E-state index < -0.39 is 11.5 Å². The highest BCUT2D eigenvalue weighted by atomic mass is 35.5. The summed E-state index contributed by atoms with van der Waals surface area (Å²) in [6.45, 7) is 5.40. The standard InChI is InChI=1S/C28H25ClN6O3/c1-4-5-6-18-8-10-24-19(11-18)12-20(26(36)32-24)15-31-33-27(37)25-17(3)22(14-30)28(38)35(34-25)21-9-7-16(2)23(29)13-21/h7-13,15H,4-6H2,1-3H3,(H,32,36)(H,33,37)/b31-15+. The number of halogens is 1. The number of carbonyl (C=O) groups is 1. The van der Waals surface area contributed by atoms with Crippen LogP contribution in [0.3, 0.4) is 0 Å². The van der Waals surface area contributed by atoms with Gasteiger partial charge in [0.2, 0.25) is 0 Å². The van der Waals surface area contributed by atoms with Gasteiger partial charge in [0.25, 0.3) is 17.0 Å². The van der Waals surface area contributed by atoms with Gasteiger partial charge in [0, 0.05) is 16.1 Å². The van der Waals surface area contributed by atoms with Gasteiger partial charge in [-0.05, 0) is 73.5 Å². The second-order valence-electron chi connectivity index (χ2n) is 8.89. The minimum absolute atomic E-state index is 0.114. The van der Waals surface area contributed by atoms with Crippen molar-refractivity contribution in [1.82, 2.24) is 20.2 Å². The summed E-state index contributed by atoms with van der Waals surface area (Å²) in [7, 11) is 0. The van der Waals surface area contributed by atoms with Crippen LogP contribution in [0, 0.1) is 25.2 Å². The highest BCUT2D eigenvalue weighted by molar-refractivity contribution is 6.31. The molecule has 0 spiro atoms. The minimum atomic E-state index is -0.749. The van der Waals surface area contributed by atoms with Gasteiger partial charge in [0.05, 0.1) is 17.5 Å². The number of benzene rings is 2. The summed E-state index contributed by atoms with van der Waals surface area (Å²) in [5.41, 5.74) is 4.26. The molecule has 2 N–H and O–H groups in total. The number of nitrogens with one attached hydrogen (secondary N) is 2. The van der Waals surface area contributed by atoms with Gasteiger partial charge in [-0.3, -0.25) is 14.4 Å². The van der Waals surface area contributed by atoms with Crippen LogP contribution in [-0.2, 0) is 6.42 Å². The average molecular weight is 529 g/mol. The Bertz CT molecular complexity index is 1750. The van der Waals surface area contributed by atoms with Gasteiger partial charge in [0.15, 0.2) is 5.69 Å². The van der Waals surface area contributed by atoms with Crippen molar-refractivity contribution >= 4 is 34.6 Å². The summed E-state index contributed by atoms with van der Waals surface area (Å²) in [5.74, 6) is -0.749. The number of hydrogen-bond donors (Lipinski definition) is 2. The van der Waals surface area contributed by atoms with Gasteiger partial charge >= 0.3 is 0 Å². The number of H-pyrrole nitrogens is 1. The lowest BCUT2D eigenvalue weighted by molar-refractivity contribution is 0.0947. The lowest BCUT2D eigenvalue weighted by atomic mass is 10.0. The number of aromatic amines is 1. The van der Waals surface area contributed by atoms with Gasteiger partial charge in [-0.1, -0.05) is 37.1 Å². The third kappa shape index (κ3) is 5.41. The Balaban J connectivity index is 1.64. The molecule has 0 aliphatic heterocycles. The van der Waals surface area contributed by atoms with Crippen LogP contribution in [-0.4, -0.2) is 26.9 Å². The Morgan fingerprint density at radius 2 is 2.00 bits per heavy atom. The lowest BCUT2D eigenvalue weighted by Crippen LogP contribution is -2.31. The first-order valence-corrected chi connectivity index (χ1v) is 12.4. The fraction of sp³-hybridized carbons (Fsp3) is 0.214. The third-order valence-electron chi connectivity index (χ3n) is 6.19. The lowest BCUT2D eigenvalue weighted by Gasteiger charge is -2.11. The second kappa shape index (κ2) is 11.2. The van der Waals surface area contributed by atoms with E-state index in [4.69, 9.17) is 11.6 Å². The zero-order chi connectivity index (χ0) is 27.4. The summed E-state index contributed by atoms with van der Waals surface area (Å²) in [4.78, 5) is 41.1. The van der Waals surface area contributed by atoms with Crippen LogP contribution in [0.2, 0.25) is 5.02 Å². The normalized spacial score (nSPS) is 11.1. The largest absolute Gasteiger partial charge is 0.321 e. The molecular formula is C28H25ClN6O3. The van der Waals surface area contributed by atoms with Gasteiger partial charge in [-0.15, -0.1) is 0 Å². The molecule has 38 heavy (non-hydrogen) atoms. The molecule has 2 aromatic heterocycles. The molecule has 0 saturated heterocycles. The summed E-state index contributed by atoms with van der Waals surface area (Å²) < 4.78 is 0.958. The highest BCUT2D eigenvalue weighted by Gasteiger charge is 2.20. The molecule has 2 heterocycles. The molecule has 4 rings (SSSR count). The number of hydrogen-bond acceptors (Lipinski definition) is 6. The summed E-state index contributed by atoms with van der Waals surface area (Å²) >= 11 is 6.20. The van der Waals surface area contributed by atoms with Crippen molar-refractivity contribution in [3.63, 3.8) is 0 Å². The van der Waals surface area contributed by atoms with Crippen molar-refractivity contribution < 1.29 is 4.79 Å². The van der Waals surface area contributed by atoms with E-state index in [9.17, 15) is 19.6 Å². The predicted octanol–water partition coefficient (Wildman–Crippen LogP) is 4.32. The molecule has 0 saturated carbocycles. The Morgan fingerprint density at radius 3 is 2.71 bits per heavy atom. The maximum absolute atomic E-state index is 13.0. The number of hydrazone groups is 1. The number of unbranched alkanes of at least 4 members (excludes halogenated alkanes) is 1. The molecule has 0 unspecified atom stereocenters. The number of pyridine rings is 1. The smallest absolute Gasteiger partial charge is 0.292 e. The predicted molar refractivity (Wildman–Crippen MR) is 147 cm³/mol. The SMILES string of the molecule is CCCCc1ccc2[nH]c(=O)c(/C=N/NC(=O)c3nn(-c4ccc(C)c(Cl)c4)c(=O)c(C#N)c3C)cc2c1. The molecule has 192 valence electrons. The summed E-state index contributed by atoms with van der Waals surface area (Å²) in [6, 6.07) is 14.3. The van der Waals surface area contributed by atoms with E-state index in [1.807, 2.05) is 24.3 Å². The molecule has 9 nitrogen and oxygen atoms in total. The van der Waals surface area contributed by atoms with Crippen LogP contribution >= 0.6 is 11.6 Å². The molecule has 10 heteroatoms. The van der Waals surface area contributed by atoms with E-state index in [2.05, 4.69) is 27.5 Å². The third-order valence-corrected chi connectivity index (χ3v) is 6.60. The van der Waals surface area contributed by atoms with Crippen molar-refractivity contribution in [2.24, 2.45) is 5.10 Å². The fourth-order valence-corrected chi connectivity index (χ4v) is 4.13. The van der Waals surface area contributed by atoms with Crippen LogP contribution in [0.15, 0.2) is 57.2 Å². The number of nitrogens with zero attached hydrogens (tertiary/aromatic N) is 4. The number of aromatic nitrogens is 3. The van der Waals surface area contributed by atoms with Crippen LogP contribution in [0.1, 0.15) is 58.1 Å². The minimum Gasteiger partial charge on any atom is -0.321 e. The van der Waals surface area contributed by atoms with Gasteiger partial charge in [-0.2, -0.15) is 20.1 Å². The van der Waals surface area contributed by atoms with E-state index in [0.717, 1.165) is 34.9 Å². The molecular weight excluding hydrogens is 504 g/mol. The van der Waals surface area contributed by atoms with E-state index in [0.29, 0.717) is 16.2 Å². The Kier molecular flexibility index (Phi) is 7.84. The van der Waals surface area contributed by atoms with Crippen LogP contribution in [0.4, 0.5) is 0 Å². The second-order valence-corrected chi connectivity index (χ2v) is 9.30. The summed E-state index contributed by atoms with van der Waals surface area (Å²) in [5, 5.41) is 18.9. The van der Waals surface area contributed by atoms with E-state index in [1.54, 1.807) is 25.1 Å². The molecule has 4 aromatic rings. The number of aryl methyl sites for hydroxylation is 2. The quantitative estimate of drug-likeness (QED) is 0.272. The van der Waals surface area contributed by atoms with Crippen molar-refractivity contribution in [2.45, 2.75) is 40.0 Å². The zero-order valence-electron chi connectivity index (χ0n) is 21.1. The monoisotopic (exact) mass is 528 g/mol. The zero-order valence-corrected chi connectivity index (χ0v) is 21.9. The van der Waals surface area contributed by atoms with Crippen LogP contribution < -0.4 is 16.5 Å². The van der Waals surface area contributed by atoms with Crippen LogP contribution in [0.25, 0.3) is 16.6 Å². The Hall–Kier alpha value is -4.55. The molecule has 0 atom stereocenters. The molecule has 0 aliphatic rings. The first-order chi connectivity index (χ1) is 18.2. The Labute approximate surface area is 223 Å². The number of fused-ring (bicyclic) bond motifs is 1. The molecule has 0 bridgehead atoms. The topological polar surface area (TPSA) is 133 Å². The van der Waals surface area contributed by atoms with Crippen molar-refractivity contribution in [3.8, 4) is 11.8 Å². The van der Waals surface area contributed by atoms with Gasteiger partial charge in [0.1, 0.15) is 11.6 Å². The van der Waals surface area contributed by atoms with E-state index in [1.165, 1.54) is 24.8 Å². The molecule has 0 fully saturated rings. The summed E-state index contributed by atoms with van der Waals surface area (Å²) in [6.07, 6.45) is 4.34.